The summed E-state index contributed by atoms with van der Waals surface area (Å²) >= 11 is 0. The van der Waals surface area contributed by atoms with Gasteiger partial charge in [0.25, 0.3) is 0 Å². The molecule has 0 bridgehead atoms. The molecule has 0 aliphatic carbocycles. The lowest BCUT2D eigenvalue weighted by atomic mass is 10.0. The third kappa shape index (κ3) is 4.74. The maximum absolute atomic E-state index is 13.8. The molecular formula is C24H25FN6O. The van der Waals surface area contributed by atoms with Gasteiger partial charge < -0.3 is 10.6 Å². The van der Waals surface area contributed by atoms with Crippen molar-refractivity contribution < 1.29 is 9.18 Å². The van der Waals surface area contributed by atoms with Crippen LogP contribution in [0.3, 0.4) is 0 Å². The maximum atomic E-state index is 13.8. The number of benzene rings is 2. The van der Waals surface area contributed by atoms with E-state index in [0.29, 0.717) is 22.7 Å². The number of carbonyl (C=O) groups excluding carboxylic acids is 1. The number of aromatic nitrogens is 4. The van der Waals surface area contributed by atoms with E-state index in [9.17, 15) is 9.18 Å². The molecule has 0 saturated carbocycles. The minimum Gasteiger partial charge on any atom is -0.362 e. The number of hydrogen-bond donors (Lipinski definition) is 2. The number of aryl methyl sites for hydroxylation is 2. The maximum Gasteiger partial charge on any atom is 0.228 e. The molecule has 1 atom stereocenters. The summed E-state index contributed by atoms with van der Waals surface area (Å²) in [6.07, 6.45) is 3.53. The number of nitrogens with zero attached hydrogens (tertiary/aromatic N) is 4. The van der Waals surface area contributed by atoms with Gasteiger partial charge >= 0.3 is 0 Å². The van der Waals surface area contributed by atoms with Crippen molar-refractivity contribution in [3.8, 4) is 0 Å². The number of carbonyl (C=O) groups is 1. The molecule has 2 aromatic carbocycles. The van der Waals surface area contributed by atoms with Gasteiger partial charge in [0.05, 0.1) is 24.9 Å². The summed E-state index contributed by atoms with van der Waals surface area (Å²) in [5.41, 5.74) is 4.45. The topological polar surface area (TPSA) is 84.7 Å². The first-order valence-electron chi connectivity index (χ1n) is 10.5. The van der Waals surface area contributed by atoms with Crippen LogP contribution in [-0.2, 0) is 17.8 Å². The molecule has 32 heavy (non-hydrogen) atoms. The van der Waals surface area contributed by atoms with E-state index in [-0.39, 0.29) is 24.2 Å². The summed E-state index contributed by atoms with van der Waals surface area (Å²) in [4.78, 5) is 21.4. The van der Waals surface area contributed by atoms with Crippen molar-refractivity contribution in [2.75, 3.05) is 10.6 Å². The summed E-state index contributed by atoms with van der Waals surface area (Å²) in [7, 11) is 0. The van der Waals surface area contributed by atoms with Crippen LogP contribution < -0.4 is 10.6 Å². The molecule has 0 aliphatic rings. The van der Waals surface area contributed by atoms with Crippen LogP contribution in [0.2, 0.25) is 0 Å². The monoisotopic (exact) mass is 432 g/mol. The summed E-state index contributed by atoms with van der Waals surface area (Å²) in [5.74, 6) is -0.0278. The lowest BCUT2D eigenvalue weighted by Gasteiger charge is -2.18. The molecule has 8 heteroatoms. The summed E-state index contributed by atoms with van der Waals surface area (Å²) in [5, 5.41) is 10.6. The van der Waals surface area contributed by atoms with Gasteiger partial charge in [0, 0.05) is 12.2 Å². The highest BCUT2D eigenvalue weighted by molar-refractivity contribution is 5.92. The first-order chi connectivity index (χ1) is 15.4. The lowest BCUT2D eigenvalue weighted by Crippen LogP contribution is -2.16. The highest BCUT2D eigenvalue weighted by Crippen LogP contribution is 2.25. The third-order valence-corrected chi connectivity index (χ3v) is 5.30. The van der Waals surface area contributed by atoms with Crippen LogP contribution in [-0.4, -0.2) is 25.7 Å². The van der Waals surface area contributed by atoms with E-state index in [2.05, 4.69) is 25.7 Å². The van der Waals surface area contributed by atoms with Crippen LogP contribution in [0.25, 0.3) is 11.2 Å². The molecule has 2 aromatic heterocycles. The molecule has 0 fully saturated rings. The average Bonchev–Trinajstić information content (AvgIpc) is 3.19. The van der Waals surface area contributed by atoms with E-state index in [1.807, 2.05) is 45.2 Å². The van der Waals surface area contributed by atoms with E-state index in [1.54, 1.807) is 29.1 Å². The molecule has 7 nitrogen and oxygen atoms in total. The van der Waals surface area contributed by atoms with Gasteiger partial charge in [-0.3, -0.25) is 9.48 Å². The molecule has 4 aromatic rings. The lowest BCUT2D eigenvalue weighted by molar-refractivity contribution is -0.115. The molecule has 0 spiro atoms. The number of nitrogens with one attached hydrogen (secondary N) is 2. The van der Waals surface area contributed by atoms with Gasteiger partial charge in [-0.15, -0.1) is 0 Å². The molecule has 0 saturated heterocycles. The molecule has 164 valence electrons. The molecule has 4 rings (SSSR count). The van der Waals surface area contributed by atoms with Crippen molar-refractivity contribution in [3.63, 3.8) is 0 Å². The standard InChI is InChI=1S/C24H25FN6O/c1-4-31-14-21-24(30-31)29-22(13-26-21)27-16(3)19-12-18(10-9-15(19)2)28-23(32)11-17-7-5-6-8-20(17)25/h5-10,12-14,16H,4,11H2,1-3H3,(H,28,32)(H,27,29,30)/t16-/m0/s1. The molecule has 0 aliphatic heterocycles. The predicted octanol–water partition coefficient (Wildman–Crippen LogP) is 4.65. The second-order valence-electron chi connectivity index (χ2n) is 7.70. The molecule has 2 N–H and O–H groups in total. The number of hydrogen-bond acceptors (Lipinski definition) is 5. The van der Waals surface area contributed by atoms with E-state index in [4.69, 9.17) is 0 Å². The van der Waals surface area contributed by atoms with Crippen molar-refractivity contribution in [1.29, 1.82) is 0 Å². The van der Waals surface area contributed by atoms with Gasteiger partial charge in [-0.2, -0.15) is 5.10 Å². The highest BCUT2D eigenvalue weighted by Gasteiger charge is 2.14. The van der Waals surface area contributed by atoms with Crippen LogP contribution in [0.4, 0.5) is 15.9 Å². The molecule has 1 amide bonds. The van der Waals surface area contributed by atoms with Crippen molar-refractivity contribution in [3.05, 3.63) is 77.4 Å². The second-order valence-corrected chi connectivity index (χ2v) is 7.70. The van der Waals surface area contributed by atoms with Crippen LogP contribution in [0.15, 0.2) is 54.9 Å². The Kier molecular flexibility index (Phi) is 6.11. The van der Waals surface area contributed by atoms with Crippen molar-refractivity contribution in [2.24, 2.45) is 0 Å². The van der Waals surface area contributed by atoms with E-state index in [0.717, 1.165) is 23.2 Å². The van der Waals surface area contributed by atoms with Crippen LogP contribution in [0.1, 0.15) is 36.6 Å². The van der Waals surface area contributed by atoms with Gasteiger partial charge in [0.2, 0.25) is 11.6 Å². The molecular weight excluding hydrogens is 407 g/mol. The Labute approximate surface area is 185 Å². The Bertz CT molecular complexity index is 1270. The van der Waals surface area contributed by atoms with Gasteiger partial charge in [0.15, 0.2) is 0 Å². The Morgan fingerprint density at radius 1 is 1.22 bits per heavy atom. The second kappa shape index (κ2) is 9.13. The van der Waals surface area contributed by atoms with Gasteiger partial charge in [0.1, 0.15) is 17.2 Å². The summed E-state index contributed by atoms with van der Waals surface area (Å²) in [6, 6.07) is 11.9. The SMILES string of the molecule is CCn1cc2ncc(N[C@@H](C)c3cc(NC(=O)Cc4ccccc4F)ccc3C)nc2n1. The first kappa shape index (κ1) is 21.4. The van der Waals surface area contributed by atoms with E-state index < -0.39 is 0 Å². The van der Waals surface area contributed by atoms with E-state index >= 15 is 0 Å². The van der Waals surface area contributed by atoms with Crippen molar-refractivity contribution >= 4 is 28.6 Å². The molecule has 2 heterocycles. The van der Waals surface area contributed by atoms with Crippen molar-refractivity contribution in [2.45, 2.75) is 39.8 Å². The fraction of sp³-hybridized carbons (Fsp3) is 0.250. The smallest absolute Gasteiger partial charge is 0.228 e. The highest BCUT2D eigenvalue weighted by atomic mass is 19.1. The number of anilines is 2. The van der Waals surface area contributed by atoms with Crippen LogP contribution in [0.5, 0.6) is 0 Å². The van der Waals surface area contributed by atoms with Gasteiger partial charge in [-0.05, 0) is 55.7 Å². The van der Waals surface area contributed by atoms with E-state index in [1.165, 1.54) is 6.07 Å². The zero-order valence-corrected chi connectivity index (χ0v) is 18.3. The Balaban J connectivity index is 1.48. The zero-order chi connectivity index (χ0) is 22.7. The van der Waals surface area contributed by atoms with Crippen LogP contribution >= 0.6 is 0 Å². The largest absolute Gasteiger partial charge is 0.362 e. The first-order valence-corrected chi connectivity index (χ1v) is 10.5. The van der Waals surface area contributed by atoms with Crippen molar-refractivity contribution in [1.82, 2.24) is 19.7 Å². The number of fused-ring (bicyclic) bond motifs is 1. The minimum atomic E-state index is -0.382. The Hall–Kier alpha value is -3.81. The summed E-state index contributed by atoms with van der Waals surface area (Å²) < 4.78 is 15.6. The Morgan fingerprint density at radius 2 is 2.03 bits per heavy atom. The predicted molar refractivity (Wildman–Crippen MR) is 123 cm³/mol. The fourth-order valence-electron chi connectivity index (χ4n) is 3.58. The Morgan fingerprint density at radius 3 is 2.81 bits per heavy atom. The van der Waals surface area contributed by atoms with Crippen LogP contribution in [0, 0.1) is 12.7 Å². The molecule has 0 unspecified atom stereocenters. The number of rotatable bonds is 7. The fourth-order valence-corrected chi connectivity index (χ4v) is 3.58. The minimum absolute atomic E-state index is 0.0241. The van der Waals surface area contributed by atoms with Gasteiger partial charge in [-0.1, -0.05) is 24.3 Å². The summed E-state index contributed by atoms with van der Waals surface area (Å²) in [6.45, 7) is 6.80. The number of halogens is 1. The molecule has 0 radical (unpaired) electrons. The zero-order valence-electron chi connectivity index (χ0n) is 18.3. The third-order valence-electron chi connectivity index (χ3n) is 5.30. The normalized spacial score (nSPS) is 12.0. The average molecular weight is 433 g/mol. The van der Waals surface area contributed by atoms with Gasteiger partial charge in [-0.25, -0.2) is 14.4 Å². The quantitative estimate of drug-likeness (QED) is 0.444. The number of amides is 1.